The van der Waals surface area contributed by atoms with E-state index < -0.39 is 16.7 Å². The van der Waals surface area contributed by atoms with Gasteiger partial charge in [-0.25, -0.2) is 9.18 Å². The van der Waals surface area contributed by atoms with E-state index in [1.54, 1.807) is 0 Å². The molecule has 0 unspecified atom stereocenters. The lowest BCUT2D eigenvalue weighted by Crippen LogP contribution is -2.33. The van der Waals surface area contributed by atoms with Crippen LogP contribution in [0.25, 0.3) is 0 Å². The highest BCUT2D eigenvalue weighted by Crippen LogP contribution is 2.41. The lowest BCUT2D eigenvalue weighted by Gasteiger charge is -2.38. The zero-order valence-corrected chi connectivity index (χ0v) is 11.9. The Bertz CT molecular complexity index is 585. The van der Waals surface area contributed by atoms with Crippen LogP contribution >= 0.6 is 0 Å². The first kappa shape index (κ1) is 15.2. The standard InChI is InChI=1S/C14H17FN2O4/c1-14(4-3-5-14)8-16-11-6-9(13(18)21-2)10(15)7-12(11)17(19)20/h6-7,16H,3-5,8H2,1-2H3. The van der Waals surface area contributed by atoms with E-state index >= 15 is 0 Å². The molecule has 0 aliphatic heterocycles. The summed E-state index contributed by atoms with van der Waals surface area (Å²) in [4.78, 5) is 21.8. The molecular formula is C14H17FN2O4. The first-order valence-electron chi connectivity index (χ1n) is 6.66. The van der Waals surface area contributed by atoms with E-state index in [1.165, 1.54) is 0 Å². The van der Waals surface area contributed by atoms with Crippen LogP contribution < -0.4 is 5.32 Å². The van der Waals surface area contributed by atoms with Crippen LogP contribution in [0, 0.1) is 21.3 Å². The predicted molar refractivity (Wildman–Crippen MR) is 74.8 cm³/mol. The third-order valence-electron chi connectivity index (χ3n) is 3.95. The Kier molecular flexibility index (Phi) is 4.11. The maximum atomic E-state index is 13.7. The van der Waals surface area contributed by atoms with Crippen LogP contribution in [0.3, 0.4) is 0 Å². The van der Waals surface area contributed by atoms with E-state index in [0.29, 0.717) is 6.54 Å². The maximum absolute atomic E-state index is 13.7. The van der Waals surface area contributed by atoms with Crippen molar-refractivity contribution in [1.29, 1.82) is 0 Å². The Morgan fingerprint density at radius 1 is 1.52 bits per heavy atom. The Morgan fingerprint density at radius 2 is 2.19 bits per heavy atom. The second-order valence-corrected chi connectivity index (χ2v) is 5.62. The van der Waals surface area contributed by atoms with E-state index in [0.717, 1.165) is 38.5 Å². The van der Waals surface area contributed by atoms with Gasteiger partial charge in [-0.3, -0.25) is 10.1 Å². The molecule has 1 fully saturated rings. The zero-order chi connectivity index (χ0) is 15.6. The molecule has 0 heterocycles. The van der Waals surface area contributed by atoms with Gasteiger partial charge in [-0.15, -0.1) is 0 Å². The zero-order valence-electron chi connectivity index (χ0n) is 11.9. The number of hydrogen-bond donors (Lipinski definition) is 1. The van der Waals surface area contributed by atoms with Gasteiger partial charge >= 0.3 is 5.97 Å². The molecule has 1 aromatic rings. The van der Waals surface area contributed by atoms with Crippen molar-refractivity contribution in [2.24, 2.45) is 5.41 Å². The van der Waals surface area contributed by atoms with Crippen LogP contribution in [0.4, 0.5) is 15.8 Å². The average molecular weight is 296 g/mol. The monoisotopic (exact) mass is 296 g/mol. The topological polar surface area (TPSA) is 81.5 Å². The van der Waals surface area contributed by atoms with Gasteiger partial charge in [0.05, 0.1) is 23.7 Å². The van der Waals surface area contributed by atoms with Crippen LogP contribution in [0.1, 0.15) is 36.5 Å². The molecule has 0 saturated heterocycles. The predicted octanol–water partition coefficient (Wildman–Crippen LogP) is 3.12. The Balaban J connectivity index is 2.31. The summed E-state index contributed by atoms with van der Waals surface area (Å²) in [5.74, 6) is -1.82. The largest absolute Gasteiger partial charge is 0.465 e. The quantitative estimate of drug-likeness (QED) is 0.513. The van der Waals surface area contributed by atoms with Gasteiger partial charge in [-0.2, -0.15) is 0 Å². The van der Waals surface area contributed by atoms with Gasteiger partial charge in [0.15, 0.2) is 0 Å². The first-order valence-corrected chi connectivity index (χ1v) is 6.66. The smallest absolute Gasteiger partial charge is 0.340 e. The molecule has 0 atom stereocenters. The number of carbonyl (C=O) groups is 1. The van der Waals surface area contributed by atoms with Crippen molar-refractivity contribution in [2.75, 3.05) is 19.0 Å². The van der Waals surface area contributed by atoms with Crippen LogP contribution in [0.5, 0.6) is 0 Å². The number of carbonyl (C=O) groups excluding carboxylic acids is 1. The van der Waals surface area contributed by atoms with E-state index in [2.05, 4.69) is 17.0 Å². The third kappa shape index (κ3) is 3.12. The molecule has 0 bridgehead atoms. The Hall–Kier alpha value is -2.18. The van der Waals surface area contributed by atoms with E-state index in [9.17, 15) is 19.3 Å². The molecule has 1 N–H and O–H groups in total. The van der Waals surface area contributed by atoms with Crippen LogP contribution in [-0.2, 0) is 4.74 Å². The molecule has 1 aliphatic carbocycles. The SMILES string of the molecule is COC(=O)c1cc(NCC2(C)CCC2)c([N+](=O)[O-])cc1F. The van der Waals surface area contributed by atoms with Crippen LogP contribution in [-0.4, -0.2) is 24.5 Å². The maximum Gasteiger partial charge on any atom is 0.340 e. The minimum absolute atomic E-state index is 0.0910. The van der Waals surface area contributed by atoms with Crippen molar-refractivity contribution in [3.05, 3.63) is 33.6 Å². The molecule has 1 aromatic carbocycles. The van der Waals surface area contributed by atoms with Crippen LogP contribution in [0.15, 0.2) is 12.1 Å². The van der Waals surface area contributed by atoms with E-state index in [-0.39, 0.29) is 22.4 Å². The van der Waals surface area contributed by atoms with Gasteiger partial charge < -0.3 is 10.1 Å². The minimum Gasteiger partial charge on any atom is -0.465 e. The molecule has 114 valence electrons. The molecule has 6 nitrogen and oxygen atoms in total. The normalized spacial score (nSPS) is 16.0. The summed E-state index contributed by atoms with van der Waals surface area (Å²) < 4.78 is 18.2. The number of anilines is 1. The van der Waals surface area contributed by atoms with Gasteiger partial charge in [-0.1, -0.05) is 13.3 Å². The molecule has 1 aliphatic rings. The van der Waals surface area contributed by atoms with Crippen molar-refractivity contribution in [3.8, 4) is 0 Å². The number of nitro groups is 1. The summed E-state index contributed by atoms with van der Waals surface area (Å²) in [5, 5.41) is 14.0. The van der Waals surface area contributed by atoms with E-state index in [1.807, 2.05) is 0 Å². The summed E-state index contributed by atoms with van der Waals surface area (Å²) in [5.41, 5.74) is -0.476. The summed E-state index contributed by atoms with van der Waals surface area (Å²) in [6, 6.07) is 1.89. The Labute approximate surface area is 121 Å². The summed E-state index contributed by atoms with van der Waals surface area (Å²) in [6.45, 7) is 2.63. The summed E-state index contributed by atoms with van der Waals surface area (Å²) in [6.07, 6.45) is 3.22. The number of ether oxygens (including phenoxy) is 1. The number of nitro benzene ring substituents is 1. The van der Waals surface area contributed by atoms with Crippen molar-refractivity contribution >= 4 is 17.3 Å². The van der Waals surface area contributed by atoms with Crippen molar-refractivity contribution in [1.82, 2.24) is 0 Å². The molecular weight excluding hydrogens is 279 g/mol. The van der Waals surface area contributed by atoms with Gasteiger partial charge in [-0.05, 0) is 24.3 Å². The summed E-state index contributed by atoms with van der Waals surface area (Å²) >= 11 is 0. The number of rotatable bonds is 5. The number of methoxy groups -OCH3 is 1. The molecule has 0 radical (unpaired) electrons. The molecule has 1 saturated carbocycles. The number of halogens is 1. The number of benzene rings is 1. The number of hydrogen-bond acceptors (Lipinski definition) is 5. The highest BCUT2D eigenvalue weighted by atomic mass is 19.1. The van der Waals surface area contributed by atoms with Gasteiger partial charge in [0.25, 0.3) is 5.69 Å². The second kappa shape index (κ2) is 5.67. The highest BCUT2D eigenvalue weighted by Gasteiger charge is 2.32. The molecule has 0 aromatic heterocycles. The van der Waals surface area contributed by atoms with Crippen molar-refractivity contribution in [2.45, 2.75) is 26.2 Å². The lowest BCUT2D eigenvalue weighted by molar-refractivity contribution is -0.384. The van der Waals surface area contributed by atoms with E-state index in [4.69, 9.17) is 0 Å². The number of nitrogens with zero attached hydrogens (tertiary/aromatic N) is 1. The number of esters is 1. The third-order valence-corrected chi connectivity index (χ3v) is 3.95. The average Bonchev–Trinajstić information content (AvgIpc) is 2.42. The number of nitrogens with one attached hydrogen (secondary N) is 1. The fourth-order valence-electron chi connectivity index (χ4n) is 2.39. The lowest BCUT2D eigenvalue weighted by atomic mass is 9.70. The molecule has 0 spiro atoms. The summed E-state index contributed by atoms with van der Waals surface area (Å²) in [7, 11) is 1.13. The van der Waals surface area contributed by atoms with Crippen LogP contribution in [0.2, 0.25) is 0 Å². The Morgan fingerprint density at radius 3 is 2.67 bits per heavy atom. The highest BCUT2D eigenvalue weighted by molar-refractivity contribution is 5.91. The molecule has 7 heteroatoms. The van der Waals surface area contributed by atoms with Gasteiger partial charge in [0, 0.05) is 6.54 Å². The molecule has 2 rings (SSSR count). The van der Waals surface area contributed by atoms with Crippen molar-refractivity contribution in [3.63, 3.8) is 0 Å². The molecule has 0 amide bonds. The minimum atomic E-state index is -0.964. The fourth-order valence-corrected chi connectivity index (χ4v) is 2.39. The second-order valence-electron chi connectivity index (χ2n) is 5.62. The van der Waals surface area contributed by atoms with Gasteiger partial charge in [0.1, 0.15) is 11.5 Å². The van der Waals surface area contributed by atoms with Gasteiger partial charge in [0.2, 0.25) is 0 Å². The first-order chi connectivity index (χ1) is 9.86. The molecule has 21 heavy (non-hydrogen) atoms. The van der Waals surface area contributed by atoms with Crippen molar-refractivity contribution < 1.29 is 18.8 Å². The fraction of sp³-hybridized carbons (Fsp3) is 0.500.